The van der Waals surface area contributed by atoms with Crippen LogP contribution in [-0.2, 0) is 11.3 Å². The number of carbonyl (C=O) groups is 2. The molecule has 0 saturated heterocycles. The summed E-state index contributed by atoms with van der Waals surface area (Å²) in [5, 5.41) is 2.87. The number of nitrogens with zero attached hydrogens (tertiary/aromatic N) is 2. The second-order valence-electron chi connectivity index (χ2n) is 10.1. The third-order valence-corrected chi connectivity index (χ3v) is 6.69. The number of carbonyl (C=O) groups excluding carboxylic acids is 2. The van der Waals surface area contributed by atoms with Crippen molar-refractivity contribution in [1.82, 2.24) is 5.32 Å². The van der Waals surface area contributed by atoms with Crippen LogP contribution in [0.2, 0.25) is 0 Å². The fourth-order valence-corrected chi connectivity index (χ4v) is 4.80. The van der Waals surface area contributed by atoms with Gasteiger partial charge in [0.25, 0.3) is 11.8 Å². The van der Waals surface area contributed by atoms with Crippen LogP contribution < -0.4 is 19.9 Å². The van der Waals surface area contributed by atoms with Gasteiger partial charge >= 0.3 is 0 Å². The van der Waals surface area contributed by atoms with E-state index in [1.54, 1.807) is 0 Å². The number of hydrogen-bond donors (Lipinski definition) is 1. The number of hydrogen-bond acceptors (Lipinski definition) is 4. The molecule has 1 heterocycles. The highest BCUT2D eigenvalue weighted by Crippen LogP contribution is 2.42. The largest absolute Gasteiger partial charge is 0.484 e. The number of fused-ring (bicyclic) bond motifs is 1. The molecular weight excluding hydrogens is 486 g/mol. The number of ether oxygens (including phenoxy) is 1. The highest BCUT2D eigenvalue weighted by atomic mass is 16.5. The molecule has 1 aliphatic rings. The molecule has 0 aromatic heterocycles. The normalized spacial score (nSPS) is 14.7. The Balaban J connectivity index is 1.50. The molecule has 0 bridgehead atoms. The highest BCUT2D eigenvalue weighted by Gasteiger charge is 2.39. The van der Waals surface area contributed by atoms with Crippen LogP contribution in [0.4, 0.5) is 11.4 Å². The minimum absolute atomic E-state index is 0.0440. The minimum Gasteiger partial charge on any atom is -0.484 e. The van der Waals surface area contributed by atoms with Gasteiger partial charge in [0.05, 0.1) is 11.3 Å². The fourth-order valence-electron chi connectivity index (χ4n) is 4.80. The molecule has 1 N–H and O–H groups in total. The molecule has 39 heavy (non-hydrogen) atoms. The number of anilines is 2. The maximum atomic E-state index is 14.0. The molecule has 0 spiro atoms. The maximum absolute atomic E-state index is 14.0. The molecule has 2 amide bonds. The maximum Gasteiger partial charge on any atom is 0.262 e. The van der Waals surface area contributed by atoms with Gasteiger partial charge in [-0.1, -0.05) is 86.6 Å². The molecule has 4 aromatic carbocycles. The van der Waals surface area contributed by atoms with Crippen molar-refractivity contribution in [3.8, 4) is 5.75 Å². The van der Waals surface area contributed by atoms with Gasteiger partial charge in [-0.3, -0.25) is 14.5 Å². The van der Waals surface area contributed by atoms with Crippen molar-refractivity contribution < 1.29 is 14.3 Å². The third-order valence-electron chi connectivity index (χ3n) is 6.69. The molecule has 0 aliphatic carbocycles. The van der Waals surface area contributed by atoms with Crippen LogP contribution in [0.3, 0.4) is 0 Å². The predicted molar refractivity (Wildman–Crippen MR) is 155 cm³/mol. The fraction of sp³-hybridized carbons (Fsp3) is 0.212. The molecule has 1 aliphatic heterocycles. The molecule has 6 heteroatoms. The summed E-state index contributed by atoms with van der Waals surface area (Å²) in [5.41, 5.74) is 4.47. The van der Waals surface area contributed by atoms with E-state index in [4.69, 9.17) is 4.74 Å². The predicted octanol–water partition coefficient (Wildman–Crippen LogP) is 6.20. The van der Waals surface area contributed by atoms with Crippen LogP contribution in [0.15, 0.2) is 109 Å². The summed E-state index contributed by atoms with van der Waals surface area (Å²) >= 11 is 0. The van der Waals surface area contributed by atoms with Gasteiger partial charge in [-0.2, -0.15) is 0 Å². The van der Waals surface area contributed by atoms with Gasteiger partial charge in [-0.15, -0.1) is 0 Å². The molecule has 0 fully saturated rings. The SMILES string of the molecule is CC(C)CNC(=O)COc1ccc([C@H]2N(Cc3ccccc3)c3ccccc3C(=O)N2c2ccccc2)cc1. The lowest BCUT2D eigenvalue weighted by Crippen LogP contribution is -2.49. The van der Waals surface area contributed by atoms with E-state index in [1.165, 1.54) is 0 Å². The molecule has 0 radical (unpaired) electrons. The Morgan fingerprint density at radius 3 is 2.18 bits per heavy atom. The first-order valence-electron chi connectivity index (χ1n) is 13.3. The Kier molecular flexibility index (Phi) is 7.92. The van der Waals surface area contributed by atoms with E-state index in [2.05, 4.69) is 22.3 Å². The van der Waals surface area contributed by atoms with Crippen LogP contribution in [0.25, 0.3) is 0 Å². The van der Waals surface area contributed by atoms with Crippen molar-refractivity contribution in [2.24, 2.45) is 5.92 Å². The summed E-state index contributed by atoms with van der Waals surface area (Å²) in [6.45, 7) is 5.29. The average molecular weight is 520 g/mol. The van der Waals surface area contributed by atoms with Crippen molar-refractivity contribution in [3.63, 3.8) is 0 Å². The number of amides is 2. The molecular formula is C33H33N3O3. The topological polar surface area (TPSA) is 61.9 Å². The van der Waals surface area contributed by atoms with Gasteiger partial charge in [0.1, 0.15) is 11.9 Å². The first-order valence-corrected chi connectivity index (χ1v) is 13.3. The van der Waals surface area contributed by atoms with E-state index >= 15 is 0 Å². The van der Waals surface area contributed by atoms with Gasteiger partial charge in [0.15, 0.2) is 6.61 Å². The Labute approximate surface area is 229 Å². The summed E-state index contributed by atoms with van der Waals surface area (Å²) in [4.78, 5) is 30.2. The second-order valence-corrected chi connectivity index (χ2v) is 10.1. The van der Waals surface area contributed by atoms with Gasteiger partial charge in [0.2, 0.25) is 0 Å². The van der Waals surface area contributed by atoms with Crippen molar-refractivity contribution in [2.45, 2.75) is 26.6 Å². The number of rotatable bonds is 9. The van der Waals surface area contributed by atoms with Gasteiger partial charge < -0.3 is 15.0 Å². The van der Waals surface area contributed by atoms with Gasteiger partial charge in [-0.25, -0.2) is 0 Å². The summed E-state index contributed by atoms with van der Waals surface area (Å²) in [6.07, 6.45) is -0.390. The first kappa shape index (κ1) is 26.0. The number of nitrogens with one attached hydrogen (secondary N) is 1. The Hall–Kier alpha value is -4.58. The minimum atomic E-state index is -0.390. The Bertz CT molecular complexity index is 1410. The molecule has 0 saturated carbocycles. The summed E-state index contributed by atoms with van der Waals surface area (Å²) < 4.78 is 5.75. The number of para-hydroxylation sites is 2. The molecule has 1 atom stereocenters. The molecule has 0 unspecified atom stereocenters. The quantitative estimate of drug-likeness (QED) is 0.286. The van der Waals surface area contributed by atoms with Crippen molar-refractivity contribution in [2.75, 3.05) is 23.0 Å². The lowest BCUT2D eigenvalue weighted by Gasteiger charge is -2.46. The van der Waals surface area contributed by atoms with E-state index in [0.29, 0.717) is 30.3 Å². The summed E-state index contributed by atoms with van der Waals surface area (Å²) in [5.74, 6) is 0.782. The van der Waals surface area contributed by atoms with Crippen molar-refractivity contribution >= 4 is 23.2 Å². The zero-order valence-electron chi connectivity index (χ0n) is 22.3. The highest BCUT2D eigenvalue weighted by molar-refractivity contribution is 6.12. The molecule has 4 aromatic rings. The third kappa shape index (κ3) is 5.96. The average Bonchev–Trinajstić information content (AvgIpc) is 2.97. The smallest absolute Gasteiger partial charge is 0.262 e. The van der Waals surface area contributed by atoms with Gasteiger partial charge in [-0.05, 0) is 53.4 Å². The summed E-state index contributed by atoms with van der Waals surface area (Å²) in [6, 6.07) is 35.5. The van der Waals surface area contributed by atoms with Crippen LogP contribution in [0.5, 0.6) is 5.75 Å². The lowest BCUT2D eigenvalue weighted by atomic mass is 9.99. The molecule has 6 nitrogen and oxygen atoms in total. The zero-order chi connectivity index (χ0) is 27.2. The van der Waals surface area contributed by atoms with E-state index in [1.807, 2.05) is 116 Å². The van der Waals surface area contributed by atoms with Gasteiger partial charge in [0, 0.05) is 18.8 Å². The molecule has 198 valence electrons. The lowest BCUT2D eigenvalue weighted by molar-refractivity contribution is -0.123. The van der Waals surface area contributed by atoms with Crippen LogP contribution in [0, 0.1) is 5.92 Å². The van der Waals surface area contributed by atoms with E-state index < -0.39 is 6.17 Å². The van der Waals surface area contributed by atoms with Crippen LogP contribution in [-0.4, -0.2) is 25.0 Å². The van der Waals surface area contributed by atoms with Crippen LogP contribution in [0.1, 0.15) is 41.5 Å². The van der Waals surface area contributed by atoms with Crippen LogP contribution >= 0.6 is 0 Å². The zero-order valence-corrected chi connectivity index (χ0v) is 22.3. The summed E-state index contributed by atoms with van der Waals surface area (Å²) in [7, 11) is 0. The monoisotopic (exact) mass is 519 g/mol. The first-order chi connectivity index (χ1) is 19.0. The Morgan fingerprint density at radius 1 is 0.846 bits per heavy atom. The Morgan fingerprint density at radius 2 is 1.49 bits per heavy atom. The van der Waals surface area contributed by atoms with E-state index in [9.17, 15) is 9.59 Å². The van der Waals surface area contributed by atoms with Crippen molar-refractivity contribution in [1.29, 1.82) is 0 Å². The second kappa shape index (κ2) is 11.9. The van der Waals surface area contributed by atoms with E-state index in [0.717, 1.165) is 22.5 Å². The van der Waals surface area contributed by atoms with Crippen molar-refractivity contribution in [3.05, 3.63) is 126 Å². The number of benzene rings is 4. The molecule has 5 rings (SSSR count). The van der Waals surface area contributed by atoms with E-state index in [-0.39, 0.29) is 18.4 Å². The standard InChI is InChI=1S/C33H33N3O3/c1-24(2)21-34-31(37)23-39-28-19-17-26(18-20-28)32-35(22-25-11-5-3-6-12-25)30-16-10-9-15-29(30)33(38)36(32)27-13-7-4-8-14-27/h3-20,24,32H,21-23H2,1-2H3,(H,34,37)/t32-/m0/s1.